The van der Waals surface area contributed by atoms with E-state index in [0.717, 1.165) is 35.9 Å². The first-order valence-corrected chi connectivity index (χ1v) is 15.9. The minimum absolute atomic E-state index is 0.0436. The molecule has 2 N–H and O–H groups in total. The number of aromatic nitrogens is 1. The van der Waals surface area contributed by atoms with Gasteiger partial charge in [-0.25, -0.2) is 0 Å². The van der Waals surface area contributed by atoms with Crippen LogP contribution in [-0.4, -0.2) is 41.8 Å². The topological polar surface area (TPSA) is 96.6 Å². The monoisotopic (exact) mass is 646 g/mol. The summed E-state index contributed by atoms with van der Waals surface area (Å²) in [6, 6.07) is 24.5. The molecule has 2 aromatic carbocycles. The number of nitrogens with one attached hydrogen (secondary N) is 2. The van der Waals surface area contributed by atoms with Gasteiger partial charge in [0, 0.05) is 60.9 Å². The summed E-state index contributed by atoms with van der Waals surface area (Å²) in [7, 11) is 0. The Kier molecular flexibility index (Phi) is 8.53. The molecular weight excluding hydrogens is 616 g/mol. The van der Waals surface area contributed by atoms with E-state index in [9.17, 15) is 14.4 Å². The first-order chi connectivity index (χ1) is 20.4. The van der Waals surface area contributed by atoms with Gasteiger partial charge in [0.05, 0.1) is 11.4 Å². The van der Waals surface area contributed by atoms with Crippen LogP contribution in [0.15, 0.2) is 92.7 Å². The fourth-order valence-corrected chi connectivity index (χ4v) is 7.00. The van der Waals surface area contributed by atoms with Crippen LogP contribution in [0.2, 0.25) is 0 Å². The fourth-order valence-electron chi connectivity index (χ4n) is 5.87. The van der Waals surface area contributed by atoms with Gasteiger partial charge in [-0.1, -0.05) is 36.4 Å². The van der Waals surface area contributed by atoms with Crippen molar-refractivity contribution in [3.05, 3.63) is 116 Å². The Balaban J connectivity index is 1.19. The number of rotatable bonds is 9. The van der Waals surface area contributed by atoms with E-state index >= 15 is 0 Å². The fraction of sp³-hybridized carbons (Fsp3) is 0.281. The van der Waals surface area contributed by atoms with E-state index in [0.29, 0.717) is 41.5 Å². The molecule has 4 aromatic rings. The van der Waals surface area contributed by atoms with Crippen molar-refractivity contribution in [2.24, 2.45) is 5.92 Å². The van der Waals surface area contributed by atoms with Crippen LogP contribution in [0.5, 0.6) is 0 Å². The molecule has 6 rings (SSSR count). The van der Waals surface area contributed by atoms with Crippen LogP contribution in [0.25, 0.3) is 0 Å². The van der Waals surface area contributed by atoms with Crippen LogP contribution in [0.3, 0.4) is 0 Å². The van der Waals surface area contributed by atoms with Gasteiger partial charge in [-0.05, 0) is 70.2 Å². The van der Waals surface area contributed by atoms with Crippen LogP contribution in [0.4, 0.5) is 11.4 Å². The van der Waals surface area contributed by atoms with Crippen LogP contribution in [-0.2, 0) is 12.3 Å². The number of benzene rings is 2. The van der Waals surface area contributed by atoms with Crippen molar-refractivity contribution in [3.63, 3.8) is 0 Å². The molecule has 0 radical (unpaired) electrons. The van der Waals surface area contributed by atoms with E-state index in [4.69, 9.17) is 4.42 Å². The van der Waals surface area contributed by atoms with E-state index in [2.05, 4.69) is 43.6 Å². The summed E-state index contributed by atoms with van der Waals surface area (Å²) >= 11 is 5.02. The van der Waals surface area contributed by atoms with Gasteiger partial charge in [0.2, 0.25) is 0 Å². The van der Waals surface area contributed by atoms with Gasteiger partial charge in [-0.2, -0.15) is 11.8 Å². The first-order valence-electron chi connectivity index (χ1n) is 14.0. The number of furan rings is 1. The number of thioether (sulfide) groups is 1. The minimum atomic E-state index is -0.397. The van der Waals surface area contributed by atoms with Crippen LogP contribution < -0.4 is 21.1 Å². The van der Waals surface area contributed by atoms with Gasteiger partial charge >= 0.3 is 0 Å². The van der Waals surface area contributed by atoms with Crippen LogP contribution >= 0.6 is 27.7 Å². The zero-order chi connectivity index (χ0) is 29.1. The highest BCUT2D eigenvalue weighted by Crippen LogP contribution is 2.39. The Morgan fingerprint density at radius 3 is 2.62 bits per heavy atom. The predicted molar refractivity (Wildman–Crippen MR) is 170 cm³/mol. The molecule has 2 atom stereocenters. The highest BCUT2D eigenvalue weighted by molar-refractivity contribution is 9.10. The second kappa shape index (κ2) is 12.6. The summed E-state index contributed by atoms with van der Waals surface area (Å²) in [4.78, 5) is 41.0. The highest BCUT2D eigenvalue weighted by atomic mass is 79.9. The Hall–Kier alpha value is -3.76. The van der Waals surface area contributed by atoms with Gasteiger partial charge in [-0.15, -0.1) is 0 Å². The zero-order valence-electron chi connectivity index (χ0n) is 22.9. The van der Waals surface area contributed by atoms with Gasteiger partial charge in [0.15, 0.2) is 10.4 Å². The number of carbonyl (C=O) groups excluding carboxylic acids is 2. The highest BCUT2D eigenvalue weighted by Gasteiger charge is 2.35. The molecule has 1 saturated heterocycles. The number of fused-ring (bicyclic) bond motifs is 4. The molecule has 42 heavy (non-hydrogen) atoms. The lowest BCUT2D eigenvalue weighted by molar-refractivity contribution is 0.0954. The first kappa shape index (κ1) is 28.4. The molecule has 216 valence electrons. The molecule has 2 bridgehead atoms. The lowest BCUT2D eigenvalue weighted by atomic mass is 9.83. The largest absolute Gasteiger partial charge is 0.444 e. The summed E-state index contributed by atoms with van der Waals surface area (Å²) < 4.78 is 7.84. The SMILES string of the molecule is O=C(NCCSCc1ccccc1)c1ccc(N2CC3CC(C2)c2cccc(=O)n2C3)c(NC(=O)c2ccc(Br)o2)c1. The average Bonchev–Trinajstić information content (AvgIpc) is 3.44. The number of nitrogens with zero attached hydrogens (tertiary/aromatic N) is 2. The van der Waals surface area contributed by atoms with Crippen LogP contribution in [0, 0.1) is 5.92 Å². The van der Waals surface area contributed by atoms with E-state index in [-0.39, 0.29) is 23.1 Å². The molecule has 2 aromatic heterocycles. The standard InChI is InChI=1S/C32H31BrN4O4S/c33-29-12-11-28(41-29)32(40)35-25-16-23(31(39)34-13-14-42-20-21-5-2-1-3-6-21)9-10-27(25)36-17-22-15-24(19-36)26-7-4-8-30(38)37(26)18-22/h1-12,16,22,24H,13-15,17-20H2,(H,34,39)(H,35,40). The number of carbonyl (C=O) groups is 2. The number of anilines is 2. The van der Waals surface area contributed by atoms with Crippen molar-refractivity contribution in [2.75, 3.05) is 35.6 Å². The third kappa shape index (κ3) is 6.34. The van der Waals surface area contributed by atoms with Crippen molar-refractivity contribution >= 4 is 50.9 Å². The van der Waals surface area contributed by atoms with Crippen molar-refractivity contribution < 1.29 is 14.0 Å². The number of piperidine rings is 1. The van der Waals surface area contributed by atoms with E-state index in [1.807, 2.05) is 47.0 Å². The molecule has 2 unspecified atom stereocenters. The number of hydrogen-bond acceptors (Lipinski definition) is 6. The molecule has 4 heterocycles. The second-order valence-corrected chi connectivity index (χ2v) is 12.6. The Morgan fingerprint density at radius 2 is 1.81 bits per heavy atom. The lowest BCUT2D eigenvalue weighted by Crippen LogP contribution is -2.47. The maximum absolute atomic E-state index is 13.1. The summed E-state index contributed by atoms with van der Waals surface area (Å²) in [6.45, 7) is 2.66. The molecule has 2 aliphatic rings. The number of amides is 2. The minimum Gasteiger partial charge on any atom is -0.444 e. The molecule has 2 aliphatic heterocycles. The van der Waals surface area contributed by atoms with E-state index in [1.165, 1.54) is 5.56 Å². The van der Waals surface area contributed by atoms with E-state index in [1.54, 1.807) is 36.0 Å². The third-order valence-electron chi connectivity index (χ3n) is 7.77. The summed E-state index contributed by atoms with van der Waals surface area (Å²) in [5.74, 6) is 1.76. The quantitative estimate of drug-likeness (QED) is 0.225. The zero-order valence-corrected chi connectivity index (χ0v) is 25.3. The number of hydrogen-bond donors (Lipinski definition) is 2. The van der Waals surface area contributed by atoms with Crippen LogP contribution in [0.1, 0.15) is 44.5 Å². The normalized spacial score (nSPS) is 17.4. The Morgan fingerprint density at radius 1 is 0.952 bits per heavy atom. The van der Waals surface area contributed by atoms with Gasteiger partial charge in [0.25, 0.3) is 17.4 Å². The lowest BCUT2D eigenvalue weighted by Gasteiger charge is -2.44. The van der Waals surface area contributed by atoms with Crippen molar-refractivity contribution in [3.8, 4) is 0 Å². The molecule has 0 aliphatic carbocycles. The smallest absolute Gasteiger partial charge is 0.291 e. The molecule has 8 nitrogen and oxygen atoms in total. The molecular formula is C32H31BrN4O4S. The third-order valence-corrected chi connectivity index (χ3v) is 9.22. The second-order valence-electron chi connectivity index (χ2n) is 10.7. The molecule has 1 fully saturated rings. The van der Waals surface area contributed by atoms with Gasteiger partial charge in [0.1, 0.15) is 0 Å². The molecule has 10 heteroatoms. The van der Waals surface area contributed by atoms with Gasteiger partial charge < -0.3 is 24.5 Å². The number of pyridine rings is 1. The maximum Gasteiger partial charge on any atom is 0.291 e. The molecule has 0 saturated carbocycles. The van der Waals surface area contributed by atoms with E-state index < -0.39 is 5.91 Å². The van der Waals surface area contributed by atoms with Crippen molar-refractivity contribution in [2.45, 2.75) is 24.6 Å². The maximum atomic E-state index is 13.1. The van der Waals surface area contributed by atoms with Crippen molar-refractivity contribution in [1.82, 2.24) is 9.88 Å². The summed E-state index contributed by atoms with van der Waals surface area (Å²) in [6.07, 6.45) is 1.02. The summed E-state index contributed by atoms with van der Waals surface area (Å²) in [5.41, 5.74) is 4.20. The summed E-state index contributed by atoms with van der Waals surface area (Å²) in [5, 5.41) is 5.99. The Bertz CT molecular complexity index is 1650. The van der Waals surface area contributed by atoms with Gasteiger partial charge in [-0.3, -0.25) is 14.4 Å². The van der Waals surface area contributed by atoms with Crippen molar-refractivity contribution in [1.29, 1.82) is 0 Å². The molecule has 0 spiro atoms. The predicted octanol–water partition coefficient (Wildman–Crippen LogP) is 5.74. The molecule has 2 amide bonds. The average molecular weight is 648 g/mol. The number of halogens is 1. The Labute approximate surface area is 256 Å².